The summed E-state index contributed by atoms with van der Waals surface area (Å²) in [6.45, 7) is 1.58. The van der Waals surface area contributed by atoms with E-state index in [0.29, 0.717) is 6.54 Å². The van der Waals surface area contributed by atoms with Gasteiger partial charge in [0.25, 0.3) is 0 Å². The Kier molecular flexibility index (Phi) is 3.92. The molecule has 104 valence electrons. The molecule has 1 aromatic heterocycles. The van der Waals surface area contributed by atoms with E-state index >= 15 is 0 Å². The summed E-state index contributed by atoms with van der Waals surface area (Å²) in [5.41, 5.74) is 9.39. The second-order valence-corrected chi connectivity index (χ2v) is 5.11. The predicted molar refractivity (Wildman–Crippen MR) is 81.2 cm³/mol. The molecule has 0 atom stereocenters. The number of fused-ring (bicyclic) bond motifs is 1. The second kappa shape index (κ2) is 6.01. The number of rotatable bonds is 5. The molecule has 1 heterocycles. The van der Waals surface area contributed by atoms with Crippen LogP contribution in [0, 0.1) is 0 Å². The molecule has 20 heavy (non-hydrogen) atoms. The van der Waals surface area contributed by atoms with Crippen molar-refractivity contribution in [2.45, 2.75) is 25.7 Å². The molecular weight excluding hydrogens is 248 g/mol. The molecule has 0 aliphatic heterocycles. The van der Waals surface area contributed by atoms with Crippen LogP contribution in [-0.2, 0) is 12.8 Å². The van der Waals surface area contributed by atoms with Gasteiger partial charge in [0.2, 0.25) is 0 Å². The molecule has 1 aliphatic carbocycles. The largest absolute Gasteiger partial charge is 0.330 e. The molecule has 0 unspecified atom stereocenters. The van der Waals surface area contributed by atoms with Crippen LogP contribution in [0.2, 0.25) is 0 Å². The molecule has 3 rings (SSSR count). The van der Waals surface area contributed by atoms with Crippen LogP contribution < -0.4 is 10.6 Å². The Balaban J connectivity index is 2.00. The van der Waals surface area contributed by atoms with Crippen LogP contribution in [-0.4, -0.2) is 23.1 Å². The number of aromatic nitrogens is 2. The monoisotopic (exact) mass is 268 g/mol. The minimum Gasteiger partial charge on any atom is -0.330 e. The highest BCUT2D eigenvalue weighted by atomic mass is 15.2. The predicted octanol–water partition coefficient (Wildman–Crippen LogP) is 2.45. The number of aryl methyl sites for hydroxylation is 1. The van der Waals surface area contributed by atoms with Crippen LogP contribution in [0.5, 0.6) is 0 Å². The van der Waals surface area contributed by atoms with Crippen molar-refractivity contribution in [3.8, 4) is 0 Å². The topological polar surface area (TPSA) is 55.0 Å². The van der Waals surface area contributed by atoms with Crippen molar-refractivity contribution in [3.63, 3.8) is 0 Å². The van der Waals surface area contributed by atoms with Crippen LogP contribution >= 0.6 is 0 Å². The molecule has 1 aliphatic rings. The second-order valence-electron chi connectivity index (χ2n) is 5.11. The zero-order chi connectivity index (χ0) is 13.8. The number of benzene rings is 1. The molecule has 0 radical (unpaired) electrons. The van der Waals surface area contributed by atoms with Gasteiger partial charge in [-0.1, -0.05) is 18.2 Å². The Morgan fingerprint density at radius 1 is 1.10 bits per heavy atom. The Hall–Kier alpha value is -1.94. The number of nitrogens with two attached hydrogens (primary N) is 1. The van der Waals surface area contributed by atoms with Gasteiger partial charge in [-0.05, 0) is 44.4 Å². The van der Waals surface area contributed by atoms with Crippen molar-refractivity contribution < 1.29 is 0 Å². The first-order chi connectivity index (χ1) is 9.90. The van der Waals surface area contributed by atoms with Crippen LogP contribution in [0.4, 0.5) is 11.5 Å². The zero-order valence-electron chi connectivity index (χ0n) is 11.6. The fraction of sp³-hybridized carbons (Fsp3) is 0.375. The average Bonchev–Trinajstić information content (AvgIpc) is 2.98. The van der Waals surface area contributed by atoms with Crippen molar-refractivity contribution in [2.24, 2.45) is 5.73 Å². The highest BCUT2D eigenvalue weighted by Gasteiger charge is 2.21. The summed E-state index contributed by atoms with van der Waals surface area (Å²) in [6.07, 6.45) is 5.98. The SMILES string of the molecule is NCCCN(c1ccccc1)c1ncnc2c1CCC2. The molecule has 0 saturated carbocycles. The van der Waals surface area contributed by atoms with E-state index in [1.807, 2.05) is 6.07 Å². The Bertz CT molecular complexity index is 568. The highest BCUT2D eigenvalue weighted by Crippen LogP contribution is 2.32. The maximum absolute atomic E-state index is 5.69. The van der Waals surface area contributed by atoms with Gasteiger partial charge in [-0.25, -0.2) is 9.97 Å². The van der Waals surface area contributed by atoms with Gasteiger partial charge in [0, 0.05) is 23.5 Å². The minimum atomic E-state index is 0.691. The van der Waals surface area contributed by atoms with Crippen LogP contribution in [0.15, 0.2) is 36.7 Å². The molecular formula is C16H20N4. The lowest BCUT2D eigenvalue weighted by Crippen LogP contribution is -2.23. The number of hydrogen-bond acceptors (Lipinski definition) is 4. The van der Waals surface area contributed by atoms with Gasteiger partial charge in [0.1, 0.15) is 12.1 Å². The lowest BCUT2D eigenvalue weighted by Gasteiger charge is -2.25. The zero-order valence-corrected chi connectivity index (χ0v) is 11.6. The normalized spacial score (nSPS) is 13.2. The third-order valence-electron chi connectivity index (χ3n) is 3.76. The number of anilines is 2. The number of para-hydroxylation sites is 1. The van der Waals surface area contributed by atoms with Gasteiger partial charge < -0.3 is 10.6 Å². The maximum Gasteiger partial charge on any atom is 0.139 e. The van der Waals surface area contributed by atoms with Crippen LogP contribution in [0.3, 0.4) is 0 Å². The smallest absolute Gasteiger partial charge is 0.139 e. The third-order valence-corrected chi connectivity index (χ3v) is 3.76. The van der Waals surface area contributed by atoms with Gasteiger partial charge in [0.15, 0.2) is 0 Å². The molecule has 0 fully saturated rings. The molecule has 0 saturated heterocycles. The summed E-state index contributed by atoms with van der Waals surface area (Å²) in [7, 11) is 0. The first-order valence-corrected chi connectivity index (χ1v) is 7.25. The van der Waals surface area contributed by atoms with E-state index in [-0.39, 0.29) is 0 Å². The van der Waals surface area contributed by atoms with E-state index in [4.69, 9.17) is 5.73 Å². The summed E-state index contributed by atoms with van der Waals surface area (Å²) < 4.78 is 0. The molecule has 4 heteroatoms. The van der Waals surface area contributed by atoms with Gasteiger partial charge >= 0.3 is 0 Å². The first-order valence-electron chi connectivity index (χ1n) is 7.25. The fourth-order valence-corrected chi connectivity index (χ4v) is 2.79. The maximum atomic E-state index is 5.69. The lowest BCUT2D eigenvalue weighted by molar-refractivity contribution is 0.803. The van der Waals surface area contributed by atoms with Crippen molar-refractivity contribution >= 4 is 11.5 Å². The third kappa shape index (κ3) is 2.51. The molecule has 2 N–H and O–H groups in total. The molecule has 0 bridgehead atoms. The summed E-state index contributed by atoms with van der Waals surface area (Å²) in [6, 6.07) is 10.4. The Labute approximate surface area is 119 Å². The summed E-state index contributed by atoms with van der Waals surface area (Å²) in [5.74, 6) is 1.06. The summed E-state index contributed by atoms with van der Waals surface area (Å²) in [5, 5.41) is 0. The molecule has 2 aromatic rings. The van der Waals surface area contributed by atoms with Gasteiger partial charge in [0.05, 0.1) is 0 Å². The van der Waals surface area contributed by atoms with Crippen LogP contribution in [0.25, 0.3) is 0 Å². The Morgan fingerprint density at radius 2 is 1.95 bits per heavy atom. The highest BCUT2D eigenvalue weighted by molar-refractivity contribution is 5.64. The molecule has 0 amide bonds. The molecule has 4 nitrogen and oxygen atoms in total. The minimum absolute atomic E-state index is 0.691. The van der Waals surface area contributed by atoms with Crippen LogP contribution in [0.1, 0.15) is 24.1 Å². The number of hydrogen-bond donors (Lipinski definition) is 1. The van der Waals surface area contributed by atoms with Gasteiger partial charge in [-0.2, -0.15) is 0 Å². The standard InChI is InChI=1S/C16H20N4/c17-10-5-11-20(13-6-2-1-3-7-13)16-14-8-4-9-15(14)18-12-19-16/h1-3,6-7,12H,4-5,8-11,17H2. The molecule has 1 aromatic carbocycles. The van der Waals surface area contributed by atoms with E-state index < -0.39 is 0 Å². The van der Waals surface area contributed by atoms with Crippen molar-refractivity contribution in [1.29, 1.82) is 0 Å². The van der Waals surface area contributed by atoms with E-state index in [1.54, 1.807) is 6.33 Å². The van der Waals surface area contributed by atoms with Crippen molar-refractivity contribution in [2.75, 3.05) is 18.0 Å². The van der Waals surface area contributed by atoms with Gasteiger partial charge in [-0.3, -0.25) is 0 Å². The van der Waals surface area contributed by atoms with Crippen molar-refractivity contribution in [1.82, 2.24) is 9.97 Å². The quantitative estimate of drug-likeness (QED) is 0.905. The van der Waals surface area contributed by atoms with Crippen molar-refractivity contribution in [3.05, 3.63) is 47.9 Å². The van der Waals surface area contributed by atoms with E-state index in [1.165, 1.54) is 23.4 Å². The summed E-state index contributed by atoms with van der Waals surface area (Å²) in [4.78, 5) is 11.2. The first kappa shape index (κ1) is 13.1. The number of nitrogens with zero attached hydrogens (tertiary/aromatic N) is 3. The fourth-order valence-electron chi connectivity index (χ4n) is 2.79. The van der Waals surface area contributed by atoms with Gasteiger partial charge in [-0.15, -0.1) is 0 Å². The molecule has 0 spiro atoms. The van der Waals surface area contributed by atoms with E-state index in [0.717, 1.165) is 31.6 Å². The van der Waals surface area contributed by atoms with E-state index in [9.17, 15) is 0 Å². The lowest BCUT2D eigenvalue weighted by atomic mass is 10.2. The summed E-state index contributed by atoms with van der Waals surface area (Å²) >= 11 is 0. The van der Waals surface area contributed by atoms with E-state index in [2.05, 4.69) is 39.1 Å². The average molecular weight is 268 g/mol. The Morgan fingerprint density at radius 3 is 2.75 bits per heavy atom.